The molecule has 1 fully saturated rings. The number of benzene rings is 1. The van der Waals surface area contributed by atoms with Crippen LogP contribution in [0.5, 0.6) is 0 Å². The molecule has 0 atom stereocenters. The molecule has 1 aliphatic heterocycles. The van der Waals surface area contributed by atoms with Crippen LogP contribution in [-0.2, 0) is 0 Å². The second-order valence-corrected chi connectivity index (χ2v) is 4.79. The minimum atomic E-state index is 1.03. The lowest BCUT2D eigenvalue weighted by molar-refractivity contribution is 0.916. The summed E-state index contributed by atoms with van der Waals surface area (Å²) in [7, 11) is 0. The van der Waals surface area contributed by atoms with Gasteiger partial charge in [-0.15, -0.1) is 11.8 Å². The van der Waals surface area contributed by atoms with Gasteiger partial charge in [-0.05, 0) is 31.1 Å². The molecule has 1 aromatic carbocycles. The fourth-order valence-corrected chi connectivity index (χ4v) is 2.43. The van der Waals surface area contributed by atoms with Crippen LogP contribution >= 0.6 is 11.8 Å². The molecule has 0 amide bonds. The molecule has 0 radical (unpaired) electrons. The molecule has 1 nitrogen and oxygen atoms in total. The summed E-state index contributed by atoms with van der Waals surface area (Å²) in [4.78, 5) is 1.44. The Labute approximate surface area is 89.6 Å². The zero-order valence-electron chi connectivity index (χ0n) is 8.63. The molecule has 0 spiro atoms. The lowest BCUT2D eigenvalue weighted by Crippen LogP contribution is -2.04. The van der Waals surface area contributed by atoms with Crippen molar-refractivity contribution in [1.29, 1.82) is 0 Å². The molecule has 1 heterocycles. The Hall–Kier alpha value is -0.730. The van der Waals surface area contributed by atoms with E-state index in [1.807, 2.05) is 11.8 Å². The van der Waals surface area contributed by atoms with Crippen LogP contribution in [0.15, 0.2) is 23.1 Å². The molecule has 0 aliphatic carbocycles. The van der Waals surface area contributed by atoms with Gasteiger partial charge in [0.2, 0.25) is 0 Å². The third-order valence-electron chi connectivity index (χ3n) is 2.40. The monoisotopic (exact) mass is 205 g/mol. The zero-order valence-corrected chi connectivity index (χ0v) is 9.45. The van der Waals surface area contributed by atoms with Gasteiger partial charge in [-0.2, -0.15) is 0 Å². The number of nitrogens with one attached hydrogen (secondary N) is 1. The maximum absolute atomic E-state index is 3.32. The van der Waals surface area contributed by atoms with Crippen LogP contribution in [0, 0.1) is 13.8 Å². The molecule has 14 heavy (non-hydrogen) atoms. The molecule has 0 aromatic heterocycles. The van der Waals surface area contributed by atoms with Gasteiger partial charge in [0, 0.05) is 17.3 Å². The molecular formula is C12H15NS. The summed E-state index contributed by atoms with van der Waals surface area (Å²) < 4.78 is 0. The summed E-state index contributed by atoms with van der Waals surface area (Å²) in [6.07, 6.45) is 2.29. The second-order valence-electron chi connectivity index (χ2n) is 3.69. The molecule has 0 saturated carbocycles. The minimum Gasteiger partial charge on any atom is -0.303 e. The lowest BCUT2D eigenvalue weighted by Gasteiger charge is -2.02. The summed E-state index contributed by atoms with van der Waals surface area (Å²) in [6, 6.07) is 6.61. The van der Waals surface area contributed by atoms with Gasteiger partial charge in [0.25, 0.3) is 0 Å². The molecule has 1 saturated heterocycles. The first-order valence-electron chi connectivity index (χ1n) is 4.87. The SMILES string of the molecule is Cc1ccc(C=C2CNCS2)c(C)c1. The quantitative estimate of drug-likeness (QED) is 0.756. The summed E-state index contributed by atoms with van der Waals surface area (Å²) >= 11 is 1.90. The average molecular weight is 205 g/mol. The minimum absolute atomic E-state index is 1.03. The van der Waals surface area contributed by atoms with Gasteiger partial charge in [0.05, 0.1) is 0 Å². The maximum atomic E-state index is 3.32. The van der Waals surface area contributed by atoms with E-state index in [4.69, 9.17) is 0 Å². The molecule has 0 bridgehead atoms. The van der Waals surface area contributed by atoms with Crippen LogP contribution in [0.2, 0.25) is 0 Å². The molecule has 74 valence electrons. The predicted octanol–water partition coefficient (Wildman–Crippen LogP) is 2.94. The van der Waals surface area contributed by atoms with Crippen molar-refractivity contribution in [2.75, 3.05) is 12.4 Å². The summed E-state index contributed by atoms with van der Waals surface area (Å²) in [5, 5.41) is 3.32. The van der Waals surface area contributed by atoms with Crippen molar-refractivity contribution in [2.24, 2.45) is 0 Å². The van der Waals surface area contributed by atoms with E-state index in [0.29, 0.717) is 0 Å². The first-order valence-corrected chi connectivity index (χ1v) is 5.85. The van der Waals surface area contributed by atoms with Crippen LogP contribution in [0.3, 0.4) is 0 Å². The number of hydrogen-bond donors (Lipinski definition) is 1. The Kier molecular flexibility index (Phi) is 2.94. The highest BCUT2D eigenvalue weighted by Gasteiger charge is 2.06. The summed E-state index contributed by atoms with van der Waals surface area (Å²) in [5.74, 6) is 1.05. The van der Waals surface area contributed by atoms with Crippen molar-refractivity contribution in [2.45, 2.75) is 13.8 Å². The fraction of sp³-hybridized carbons (Fsp3) is 0.333. The number of aryl methyl sites for hydroxylation is 2. The van der Waals surface area contributed by atoms with E-state index in [0.717, 1.165) is 12.4 Å². The summed E-state index contributed by atoms with van der Waals surface area (Å²) in [5.41, 5.74) is 4.05. The molecule has 2 heteroatoms. The highest BCUT2D eigenvalue weighted by molar-refractivity contribution is 8.03. The van der Waals surface area contributed by atoms with Crippen molar-refractivity contribution >= 4 is 17.8 Å². The first kappa shape index (κ1) is 9.81. The Morgan fingerprint density at radius 2 is 2.21 bits per heavy atom. The zero-order chi connectivity index (χ0) is 9.97. The third kappa shape index (κ3) is 2.20. The highest BCUT2D eigenvalue weighted by Crippen LogP contribution is 2.23. The van der Waals surface area contributed by atoms with E-state index in [1.165, 1.54) is 21.6 Å². The smallest absolute Gasteiger partial charge is 0.0465 e. The van der Waals surface area contributed by atoms with E-state index in [1.54, 1.807) is 0 Å². The Bertz CT molecular complexity index is 361. The standard InChI is InChI=1S/C12H15NS/c1-9-3-4-11(10(2)5-9)6-12-7-13-8-14-12/h3-6,13H,7-8H2,1-2H3. The van der Waals surface area contributed by atoms with Gasteiger partial charge in [-0.25, -0.2) is 0 Å². The average Bonchev–Trinajstić information content (AvgIpc) is 2.62. The molecular weight excluding hydrogens is 190 g/mol. The highest BCUT2D eigenvalue weighted by atomic mass is 32.2. The van der Waals surface area contributed by atoms with Crippen molar-refractivity contribution in [3.8, 4) is 0 Å². The van der Waals surface area contributed by atoms with Crippen molar-refractivity contribution in [3.63, 3.8) is 0 Å². The van der Waals surface area contributed by atoms with E-state index < -0.39 is 0 Å². The van der Waals surface area contributed by atoms with Crippen molar-refractivity contribution < 1.29 is 0 Å². The van der Waals surface area contributed by atoms with Crippen molar-refractivity contribution in [3.05, 3.63) is 39.8 Å². The van der Waals surface area contributed by atoms with E-state index >= 15 is 0 Å². The normalized spacial score (nSPS) is 19.1. The van der Waals surface area contributed by atoms with Crippen LogP contribution < -0.4 is 5.32 Å². The maximum Gasteiger partial charge on any atom is 0.0465 e. The van der Waals surface area contributed by atoms with E-state index in [9.17, 15) is 0 Å². The van der Waals surface area contributed by atoms with Gasteiger partial charge >= 0.3 is 0 Å². The number of thioether (sulfide) groups is 1. The first-order chi connectivity index (χ1) is 6.75. The molecule has 1 aliphatic rings. The van der Waals surface area contributed by atoms with Crippen molar-refractivity contribution in [1.82, 2.24) is 5.32 Å². The Morgan fingerprint density at radius 3 is 2.86 bits per heavy atom. The van der Waals surface area contributed by atoms with Gasteiger partial charge in [0.1, 0.15) is 0 Å². The van der Waals surface area contributed by atoms with Crippen LogP contribution in [0.1, 0.15) is 16.7 Å². The molecule has 1 aromatic rings. The van der Waals surface area contributed by atoms with Gasteiger partial charge in [-0.3, -0.25) is 0 Å². The van der Waals surface area contributed by atoms with Gasteiger partial charge in [0.15, 0.2) is 0 Å². The number of hydrogen-bond acceptors (Lipinski definition) is 2. The van der Waals surface area contributed by atoms with Crippen LogP contribution in [0.4, 0.5) is 0 Å². The molecule has 1 N–H and O–H groups in total. The van der Waals surface area contributed by atoms with E-state index in [-0.39, 0.29) is 0 Å². The van der Waals surface area contributed by atoms with Gasteiger partial charge in [-0.1, -0.05) is 23.8 Å². The summed E-state index contributed by atoms with van der Waals surface area (Å²) in [6.45, 7) is 5.33. The Balaban J connectivity index is 2.28. The topological polar surface area (TPSA) is 12.0 Å². The van der Waals surface area contributed by atoms with E-state index in [2.05, 4.69) is 43.4 Å². The Morgan fingerprint density at radius 1 is 1.36 bits per heavy atom. The predicted molar refractivity (Wildman–Crippen MR) is 64.4 cm³/mol. The second kappa shape index (κ2) is 4.20. The molecule has 2 rings (SSSR count). The van der Waals surface area contributed by atoms with Crippen LogP contribution in [-0.4, -0.2) is 12.4 Å². The fourth-order valence-electron chi connectivity index (χ4n) is 1.62. The largest absolute Gasteiger partial charge is 0.303 e. The lowest BCUT2D eigenvalue weighted by atomic mass is 10.1. The molecule has 0 unspecified atom stereocenters. The third-order valence-corrected chi connectivity index (χ3v) is 3.38. The van der Waals surface area contributed by atoms with Gasteiger partial charge < -0.3 is 5.32 Å². The number of rotatable bonds is 1. The van der Waals surface area contributed by atoms with Crippen LogP contribution in [0.25, 0.3) is 6.08 Å².